The van der Waals surface area contributed by atoms with Crippen LogP contribution in [0.15, 0.2) is 0 Å². The maximum absolute atomic E-state index is 3.29. The van der Waals surface area contributed by atoms with E-state index in [9.17, 15) is 0 Å². The van der Waals surface area contributed by atoms with Crippen LogP contribution in [0.2, 0.25) is 0 Å². The number of likely N-dealkylation sites (tertiary alicyclic amines) is 1. The molecule has 2 aliphatic rings. The van der Waals surface area contributed by atoms with Gasteiger partial charge < -0.3 is 5.32 Å². The van der Waals surface area contributed by atoms with Crippen LogP contribution in [0.5, 0.6) is 0 Å². The van der Waals surface area contributed by atoms with Crippen LogP contribution in [0, 0.1) is 11.3 Å². The van der Waals surface area contributed by atoms with E-state index < -0.39 is 0 Å². The van der Waals surface area contributed by atoms with E-state index in [4.69, 9.17) is 0 Å². The molecule has 0 aromatic heterocycles. The van der Waals surface area contributed by atoms with Gasteiger partial charge in [-0.25, -0.2) is 0 Å². The molecule has 2 rings (SSSR count). The van der Waals surface area contributed by atoms with Gasteiger partial charge in [0, 0.05) is 6.04 Å². The lowest BCUT2D eigenvalue weighted by atomic mass is 9.72. The Morgan fingerprint density at radius 1 is 1.11 bits per heavy atom. The van der Waals surface area contributed by atoms with Crippen molar-refractivity contribution in [3.8, 4) is 0 Å². The van der Waals surface area contributed by atoms with Crippen molar-refractivity contribution >= 4 is 0 Å². The summed E-state index contributed by atoms with van der Waals surface area (Å²) < 4.78 is 0. The van der Waals surface area contributed by atoms with E-state index in [0.29, 0.717) is 5.41 Å². The van der Waals surface area contributed by atoms with Gasteiger partial charge in [-0.15, -0.1) is 0 Å². The molecule has 18 heavy (non-hydrogen) atoms. The summed E-state index contributed by atoms with van der Waals surface area (Å²) in [4.78, 5) is 2.81. The van der Waals surface area contributed by atoms with E-state index in [1.54, 1.807) is 0 Å². The SMILES string of the molecule is CNCCC1CCN(C2CCCCC2(C)C)CC1. The smallest absolute Gasteiger partial charge is 0.0146 e. The second-order valence-electron chi connectivity index (χ2n) is 7.12. The van der Waals surface area contributed by atoms with Crippen molar-refractivity contribution in [2.75, 3.05) is 26.7 Å². The summed E-state index contributed by atoms with van der Waals surface area (Å²) in [6.45, 7) is 8.87. The predicted molar refractivity (Wildman–Crippen MR) is 78.9 cm³/mol. The zero-order valence-electron chi connectivity index (χ0n) is 12.7. The van der Waals surface area contributed by atoms with Crippen molar-refractivity contribution in [3.63, 3.8) is 0 Å². The molecule has 2 heteroatoms. The lowest BCUT2D eigenvalue weighted by Gasteiger charge is -2.47. The zero-order valence-corrected chi connectivity index (χ0v) is 12.7. The first-order valence-corrected chi connectivity index (χ1v) is 8.02. The number of hydrogen-bond acceptors (Lipinski definition) is 2. The van der Waals surface area contributed by atoms with Gasteiger partial charge in [0.05, 0.1) is 0 Å². The van der Waals surface area contributed by atoms with Gasteiger partial charge in [-0.1, -0.05) is 26.7 Å². The third kappa shape index (κ3) is 3.48. The van der Waals surface area contributed by atoms with Crippen molar-refractivity contribution < 1.29 is 0 Å². The molecule has 0 bridgehead atoms. The lowest BCUT2D eigenvalue weighted by molar-refractivity contribution is 0.0243. The second kappa shape index (κ2) is 6.38. The van der Waals surface area contributed by atoms with Crippen LogP contribution in [0.1, 0.15) is 58.8 Å². The fourth-order valence-electron chi connectivity index (χ4n) is 4.05. The zero-order chi connectivity index (χ0) is 13.0. The minimum Gasteiger partial charge on any atom is -0.320 e. The molecule has 1 saturated carbocycles. The normalized spacial score (nSPS) is 30.5. The van der Waals surface area contributed by atoms with Crippen LogP contribution in [-0.4, -0.2) is 37.6 Å². The number of nitrogens with one attached hydrogen (secondary N) is 1. The van der Waals surface area contributed by atoms with Gasteiger partial charge in [-0.3, -0.25) is 4.90 Å². The molecule has 0 aromatic rings. The molecule has 1 unspecified atom stereocenters. The van der Waals surface area contributed by atoms with Gasteiger partial charge in [0.2, 0.25) is 0 Å². The first-order valence-electron chi connectivity index (χ1n) is 8.02. The van der Waals surface area contributed by atoms with E-state index >= 15 is 0 Å². The maximum atomic E-state index is 3.29. The summed E-state index contributed by atoms with van der Waals surface area (Å²) in [5.41, 5.74) is 0.552. The van der Waals surface area contributed by atoms with Crippen LogP contribution >= 0.6 is 0 Å². The van der Waals surface area contributed by atoms with Crippen molar-refractivity contribution in [1.82, 2.24) is 10.2 Å². The van der Waals surface area contributed by atoms with Crippen LogP contribution < -0.4 is 5.32 Å². The third-order valence-corrected chi connectivity index (χ3v) is 5.34. The van der Waals surface area contributed by atoms with Gasteiger partial charge in [0.1, 0.15) is 0 Å². The average molecular weight is 252 g/mol. The van der Waals surface area contributed by atoms with E-state index in [2.05, 4.69) is 31.1 Å². The average Bonchev–Trinajstić information content (AvgIpc) is 2.37. The topological polar surface area (TPSA) is 15.3 Å². The molecule has 0 aromatic carbocycles. The van der Waals surface area contributed by atoms with Gasteiger partial charge in [0.25, 0.3) is 0 Å². The Morgan fingerprint density at radius 3 is 2.44 bits per heavy atom. The van der Waals surface area contributed by atoms with E-state index in [0.717, 1.165) is 12.0 Å². The second-order valence-corrected chi connectivity index (χ2v) is 7.12. The third-order valence-electron chi connectivity index (χ3n) is 5.34. The minimum atomic E-state index is 0.552. The molecule has 0 radical (unpaired) electrons. The Morgan fingerprint density at radius 2 is 1.83 bits per heavy atom. The monoisotopic (exact) mass is 252 g/mol. The highest BCUT2D eigenvalue weighted by Gasteiger charge is 2.37. The van der Waals surface area contributed by atoms with Crippen LogP contribution in [-0.2, 0) is 0 Å². The molecule has 0 spiro atoms. The predicted octanol–water partition coefficient (Wildman–Crippen LogP) is 3.28. The van der Waals surface area contributed by atoms with Gasteiger partial charge in [-0.2, -0.15) is 0 Å². The molecule has 1 atom stereocenters. The molecular weight excluding hydrogens is 220 g/mol. The van der Waals surface area contributed by atoms with Crippen molar-refractivity contribution in [2.24, 2.45) is 11.3 Å². The van der Waals surface area contributed by atoms with Crippen molar-refractivity contribution in [3.05, 3.63) is 0 Å². The Hall–Kier alpha value is -0.0800. The number of rotatable bonds is 4. The quantitative estimate of drug-likeness (QED) is 0.826. The first-order chi connectivity index (χ1) is 8.63. The molecule has 1 aliphatic carbocycles. The summed E-state index contributed by atoms with van der Waals surface area (Å²) in [6, 6.07) is 0.858. The molecule has 1 N–H and O–H groups in total. The summed E-state index contributed by atoms with van der Waals surface area (Å²) in [5, 5.41) is 3.29. The Bertz CT molecular complexity index is 241. The summed E-state index contributed by atoms with van der Waals surface area (Å²) in [6.07, 6.45) is 9.99. The minimum absolute atomic E-state index is 0.552. The molecular formula is C16H32N2. The van der Waals surface area contributed by atoms with E-state index in [1.165, 1.54) is 64.6 Å². The molecule has 1 saturated heterocycles. The van der Waals surface area contributed by atoms with Gasteiger partial charge in [-0.05, 0) is 70.1 Å². The standard InChI is InChI=1S/C16H32N2/c1-16(2)10-5-4-6-15(16)18-12-8-14(9-13-18)7-11-17-3/h14-15,17H,4-13H2,1-3H3. The lowest BCUT2D eigenvalue weighted by Crippen LogP contribution is -2.50. The fourth-order valence-corrected chi connectivity index (χ4v) is 4.05. The highest BCUT2D eigenvalue weighted by atomic mass is 15.2. The summed E-state index contributed by atoms with van der Waals surface area (Å²) in [5.74, 6) is 0.973. The van der Waals surface area contributed by atoms with Gasteiger partial charge in [0.15, 0.2) is 0 Å². The maximum Gasteiger partial charge on any atom is 0.0146 e. The van der Waals surface area contributed by atoms with Crippen LogP contribution in [0.25, 0.3) is 0 Å². The largest absolute Gasteiger partial charge is 0.320 e. The van der Waals surface area contributed by atoms with E-state index in [-0.39, 0.29) is 0 Å². The summed E-state index contributed by atoms with van der Waals surface area (Å²) in [7, 11) is 2.07. The molecule has 1 aliphatic heterocycles. The molecule has 2 nitrogen and oxygen atoms in total. The van der Waals surface area contributed by atoms with Crippen LogP contribution in [0.4, 0.5) is 0 Å². The number of hydrogen-bond donors (Lipinski definition) is 1. The molecule has 0 amide bonds. The molecule has 106 valence electrons. The van der Waals surface area contributed by atoms with E-state index in [1.807, 2.05) is 0 Å². The molecule has 1 heterocycles. The van der Waals surface area contributed by atoms with Crippen LogP contribution in [0.3, 0.4) is 0 Å². The Kier molecular flexibility index (Phi) is 5.08. The fraction of sp³-hybridized carbons (Fsp3) is 1.00. The highest BCUT2D eigenvalue weighted by Crippen LogP contribution is 2.40. The van der Waals surface area contributed by atoms with Gasteiger partial charge >= 0.3 is 0 Å². The number of piperidine rings is 1. The van der Waals surface area contributed by atoms with Crippen molar-refractivity contribution in [1.29, 1.82) is 0 Å². The molecule has 2 fully saturated rings. The number of nitrogens with zero attached hydrogens (tertiary/aromatic N) is 1. The Labute approximate surface area is 114 Å². The highest BCUT2D eigenvalue weighted by molar-refractivity contribution is 4.91. The first kappa shape index (κ1) is 14.3. The Balaban J connectivity index is 1.81. The van der Waals surface area contributed by atoms with Crippen molar-refractivity contribution in [2.45, 2.75) is 64.8 Å². The summed E-state index contributed by atoms with van der Waals surface area (Å²) >= 11 is 0.